The monoisotopic (exact) mass is 129 g/mol. The second-order valence-electron chi connectivity index (χ2n) is 1.48. The lowest BCUT2D eigenvalue weighted by Gasteiger charge is -1.90. The van der Waals surface area contributed by atoms with Gasteiger partial charge >= 0.3 is 11.9 Å². The van der Waals surface area contributed by atoms with Crippen LogP contribution in [0, 0.1) is 5.92 Å². The minimum absolute atomic E-state index is 0.831. The SMILES string of the molecule is O=C(O)C1C=NOC1=O. The lowest BCUT2D eigenvalue weighted by Crippen LogP contribution is -2.20. The highest BCUT2D eigenvalue weighted by Gasteiger charge is 2.30. The van der Waals surface area contributed by atoms with Crippen molar-refractivity contribution in [2.75, 3.05) is 0 Å². The van der Waals surface area contributed by atoms with Gasteiger partial charge in [-0.25, -0.2) is 4.79 Å². The van der Waals surface area contributed by atoms with Crippen molar-refractivity contribution < 1.29 is 19.5 Å². The van der Waals surface area contributed by atoms with Gasteiger partial charge < -0.3 is 9.94 Å². The average Bonchev–Trinajstić information content (AvgIpc) is 2.13. The van der Waals surface area contributed by atoms with E-state index in [1.165, 1.54) is 0 Å². The van der Waals surface area contributed by atoms with E-state index in [1.807, 2.05) is 0 Å². The van der Waals surface area contributed by atoms with Crippen LogP contribution in [-0.4, -0.2) is 23.3 Å². The molecule has 1 rings (SSSR count). The number of hydrogen-bond donors (Lipinski definition) is 1. The van der Waals surface area contributed by atoms with Gasteiger partial charge in [0.15, 0.2) is 5.92 Å². The van der Waals surface area contributed by atoms with Crippen molar-refractivity contribution in [2.24, 2.45) is 11.1 Å². The van der Waals surface area contributed by atoms with Crippen LogP contribution >= 0.6 is 0 Å². The largest absolute Gasteiger partial charge is 0.480 e. The van der Waals surface area contributed by atoms with Crippen LogP contribution in [-0.2, 0) is 14.4 Å². The molecule has 1 atom stereocenters. The first-order chi connectivity index (χ1) is 4.22. The van der Waals surface area contributed by atoms with Gasteiger partial charge in [0.05, 0.1) is 6.21 Å². The molecule has 0 spiro atoms. The zero-order valence-electron chi connectivity index (χ0n) is 4.27. The highest BCUT2D eigenvalue weighted by Crippen LogP contribution is 2.03. The van der Waals surface area contributed by atoms with Gasteiger partial charge in [-0.3, -0.25) is 4.79 Å². The molecule has 0 saturated carbocycles. The first-order valence-corrected chi connectivity index (χ1v) is 2.19. The summed E-state index contributed by atoms with van der Waals surface area (Å²) in [6, 6.07) is 0. The molecule has 1 unspecified atom stereocenters. The van der Waals surface area contributed by atoms with Crippen LogP contribution in [0.2, 0.25) is 0 Å². The molecule has 1 aliphatic rings. The standard InChI is InChI=1S/C4H3NO4/c6-3(7)2-1-5-9-4(2)8/h1-2H,(H,6,7). The Labute approximate surface area is 49.9 Å². The predicted molar refractivity (Wildman–Crippen MR) is 25.7 cm³/mol. The van der Waals surface area contributed by atoms with Gasteiger partial charge in [0.25, 0.3) is 0 Å². The van der Waals surface area contributed by atoms with Crippen molar-refractivity contribution >= 4 is 18.2 Å². The summed E-state index contributed by atoms with van der Waals surface area (Å²) in [6.07, 6.45) is 0.949. The van der Waals surface area contributed by atoms with E-state index in [1.54, 1.807) is 0 Å². The summed E-state index contributed by atoms with van der Waals surface area (Å²) in [6.45, 7) is 0. The van der Waals surface area contributed by atoms with E-state index in [2.05, 4.69) is 9.99 Å². The van der Waals surface area contributed by atoms with E-state index in [4.69, 9.17) is 5.11 Å². The van der Waals surface area contributed by atoms with E-state index in [9.17, 15) is 9.59 Å². The van der Waals surface area contributed by atoms with Crippen LogP contribution < -0.4 is 0 Å². The molecule has 5 heteroatoms. The Hall–Kier alpha value is -1.39. The van der Waals surface area contributed by atoms with Crippen LogP contribution in [0.15, 0.2) is 5.16 Å². The van der Waals surface area contributed by atoms with Gasteiger partial charge in [-0.05, 0) is 0 Å². The number of carbonyl (C=O) groups excluding carboxylic acids is 1. The molecule has 9 heavy (non-hydrogen) atoms. The van der Waals surface area contributed by atoms with Gasteiger partial charge in [0.2, 0.25) is 0 Å². The van der Waals surface area contributed by atoms with Gasteiger partial charge in [-0.2, -0.15) is 0 Å². The molecule has 0 aliphatic carbocycles. The molecule has 0 radical (unpaired) electrons. The van der Waals surface area contributed by atoms with Crippen molar-refractivity contribution in [3.05, 3.63) is 0 Å². The molecule has 48 valence electrons. The maximum absolute atomic E-state index is 10.3. The Morgan fingerprint density at radius 3 is 2.78 bits per heavy atom. The summed E-state index contributed by atoms with van der Waals surface area (Å²) in [5.74, 6) is -3.27. The Morgan fingerprint density at radius 1 is 1.89 bits per heavy atom. The Balaban J connectivity index is 2.71. The maximum Gasteiger partial charge on any atom is 0.354 e. The molecule has 0 fully saturated rings. The van der Waals surface area contributed by atoms with Crippen molar-refractivity contribution in [1.82, 2.24) is 0 Å². The van der Waals surface area contributed by atoms with Crippen molar-refractivity contribution in [1.29, 1.82) is 0 Å². The molecule has 1 aliphatic heterocycles. The third-order valence-corrected chi connectivity index (χ3v) is 0.873. The molecule has 1 heterocycles. The summed E-state index contributed by atoms with van der Waals surface area (Å²) < 4.78 is 0. The molecule has 0 aromatic rings. The second-order valence-corrected chi connectivity index (χ2v) is 1.48. The van der Waals surface area contributed by atoms with Crippen molar-refractivity contribution in [2.45, 2.75) is 0 Å². The zero-order valence-corrected chi connectivity index (χ0v) is 4.27. The first kappa shape index (κ1) is 5.74. The summed E-state index contributed by atoms with van der Waals surface area (Å²) in [5, 5.41) is 11.2. The van der Waals surface area contributed by atoms with Gasteiger partial charge in [-0.15, -0.1) is 0 Å². The Bertz CT molecular complexity index is 185. The summed E-state index contributed by atoms with van der Waals surface area (Å²) in [5.41, 5.74) is 0. The average molecular weight is 129 g/mol. The summed E-state index contributed by atoms with van der Waals surface area (Å²) >= 11 is 0. The normalized spacial score (nSPS) is 24.0. The molecule has 0 bridgehead atoms. The van der Waals surface area contributed by atoms with E-state index < -0.39 is 17.9 Å². The number of carboxylic acid groups (broad SMARTS) is 1. The summed E-state index contributed by atoms with van der Waals surface area (Å²) in [7, 11) is 0. The van der Waals surface area contributed by atoms with E-state index >= 15 is 0 Å². The van der Waals surface area contributed by atoms with E-state index in [-0.39, 0.29) is 0 Å². The number of hydrogen-bond acceptors (Lipinski definition) is 4. The molecule has 0 amide bonds. The van der Waals surface area contributed by atoms with E-state index in [0.717, 1.165) is 6.21 Å². The highest BCUT2D eigenvalue weighted by atomic mass is 16.7. The molecular formula is C4H3NO4. The van der Waals surface area contributed by atoms with Gasteiger partial charge in [0, 0.05) is 0 Å². The molecule has 0 aromatic carbocycles. The van der Waals surface area contributed by atoms with Crippen LogP contribution in [0.5, 0.6) is 0 Å². The van der Waals surface area contributed by atoms with Crippen LogP contribution in [0.25, 0.3) is 0 Å². The summed E-state index contributed by atoms with van der Waals surface area (Å²) in [4.78, 5) is 24.3. The molecule has 0 aromatic heterocycles. The minimum atomic E-state index is -1.23. The fourth-order valence-electron chi connectivity index (χ4n) is 0.425. The number of nitrogens with zero attached hydrogens (tertiary/aromatic N) is 1. The van der Waals surface area contributed by atoms with Crippen LogP contribution in [0.1, 0.15) is 0 Å². The smallest absolute Gasteiger partial charge is 0.354 e. The number of carbonyl (C=O) groups is 2. The quantitative estimate of drug-likeness (QED) is 0.372. The van der Waals surface area contributed by atoms with Gasteiger partial charge in [0.1, 0.15) is 0 Å². The van der Waals surface area contributed by atoms with Gasteiger partial charge in [-0.1, -0.05) is 5.16 Å². The number of aliphatic carboxylic acids is 1. The number of oxime groups is 1. The topological polar surface area (TPSA) is 76.0 Å². The number of carboxylic acids is 1. The fourth-order valence-corrected chi connectivity index (χ4v) is 0.425. The lowest BCUT2D eigenvalue weighted by molar-refractivity contribution is -0.152. The third kappa shape index (κ3) is 0.883. The lowest BCUT2D eigenvalue weighted by atomic mass is 10.2. The van der Waals surface area contributed by atoms with Crippen molar-refractivity contribution in [3.8, 4) is 0 Å². The van der Waals surface area contributed by atoms with E-state index in [0.29, 0.717) is 0 Å². The first-order valence-electron chi connectivity index (χ1n) is 2.19. The van der Waals surface area contributed by atoms with Crippen LogP contribution in [0.3, 0.4) is 0 Å². The Morgan fingerprint density at radius 2 is 2.56 bits per heavy atom. The predicted octanol–water partition coefficient (Wildman–Crippen LogP) is -0.770. The molecular weight excluding hydrogens is 126 g/mol. The number of rotatable bonds is 1. The Kier molecular flexibility index (Phi) is 1.18. The second kappa shape index (κ2) is 1.85. The van der Waals surface area contributed by atoms with Crippen LogP contribution in [0.4, 0.5) is 0 Å². The molecule has 5 nitrogen and oxygen atoms in total. The highest BCUT2D eigenvalue weighted by molar-refractivity contribution is 6.10. The zero-order chi connectivity index (χ0) is 6.85. The maximum atomic E-state index is 10.3. The third-order valence-electron chi connectivity index (χ3n) is 0.873. The van der Waals surface area contributed by atoms with Crippen molar-refractivity contribution in [3.63, 3.8) is 0 Å². The molecule has 1 N–H and O–H groups in total. The fraction of sp³-hybridized carbons (Fsp3) is 0.250. The molecule has 0 saturated heterocycles. The minimum Gasteiger partial charge on any atom is -0.480 e.